The Morgan fingerprint density at radius 3 is 2.57 bits per heavy atom. The molecule has 1 saturated carbocycles. The lowest BCUT2D eigenvalue weighted by molar-refractivity contribution is 0.121. The summed E-state index contributed by atoms with van der Waals surface area (Å²) in [6.07, 6.45) is 7.86. The van der Waals surface area contributed by atoms with Crippen LogP contribution in [0.4, 0.5) is 0 Å². The zero-order valence-electron chi connectivity index (χ0n) is 10.00. The van der Waals surface area contributed by atoms with Crippen molar-refractivity contribution >= 4 is 0 Å². The summed E-state index contributed by atoms with van der Waals surface area (Å²) in [6.45, 7) is 6.54. The van der Waals surface area contributed by atoms with Gasteiger partial charge in [-0.3, -0.25) is 0 Å². The summed E-state index contributed by atoms with van der Waals surface area (Å²) in [7, 11) is 0. The minimum absolute atomic E-state index is 0.119. The van der Waals surface area contributed by atoms with Crippen LogP contribution >= 0.6 is 0 Å². The predicted octanol–water partition coefficient (Wildman–Crippen LogP) is 3.61. The highest BCUT2D eigenvalue weighted by Gasteiger charge is 2.25. The molecule has 0 saturated heterocycles. The largest absolute Gasteiger partial charge is 0.393 e. The number of aliphatic hydroxyl groups excluding tert-OH is 1. The zero-order valence-corrected chi connectivity index (χ0v) is 10.00. The van der Waals surface area contributed by atoms with Gasteiger partial charge in [-0.2, -0.15) is 0 Å². The fraction of sp³-hybridized carbons (Fsp3) is 1.00. The summed E-state index contributed by atoms with van der Waals surface area (Å²) in [6, 6.07) is 0. The van der Waals surface area contributed by atoms with Crippen LogP contribution in [0.15, 0.2) is 0 Å². The van der Waals surface area contributed by atoms with Crippen LogP contribution in [0.1, 0.15) is 59.3 Å². The highest BCUT2D eigenvalue weighted by Crippen LogP contribution is 2.36. The lowest BCUT2D eigenvalue weighted by Crippen LogP contribution is -2.23. The Balaban J connectivity index is 2.35. The van der Waals surface area contributed by atoms with Crippen molar-refractivity contribution in [2.45, 2.75) is 65.4 Å². The van der Waals surface area contributed by atoms with Gasteiger partial charge in [0, 0.05) is 0 Å². The standard InChI is InChI=1S/C13H26O/c1-4-12-6-5-7-13(9-12)10(2)8-11(3)14/h10-14H,4-9H2,1-3H3. The van der Waals surface area contributed by atoms with Crippen LogP contribution in [0.5, 0.6) is 0 Å². The van der Waals surface area contributed by atoms with E-state index in [1.54, 1.807) is 0 Å². The van der Waals surface area contributed by atoms with Crippen molar-refractivity contribution < 1.29 is 5.11 Å². The van der Waals surface area contributed by atoms with E-state index in [-0.39, 0.29) is 6.10 Å². The van der Waals surface area contributed by atoms with E-state index in [1.807, 2.05) is 6.92 Å². The number of aliphatic hydroxyl groups is 1. The van der Waals surface area contributed by atoms with Gasteiger partial charge in [-0.15, -0.1) is 0 Å². The second-order valence-corrected chi connectivity index (χ2v) is 5.26. The Bertz CT molecular complexity index is 153. The Morgan fingerprint density at radius 1 is 1.29 bits per heavy atom. The highest BCUT2D eigenvalue weighted by atomic mass is 16.3. The van der Waals surface area contributed by atoms with Gasteiger partial charge in [0.1, 0.15) is 0 Å². The fourth-order valence-electron chi connectivity index (χ4n) is 2.95. The fourth-order valence-corrected chi connectivity index (χ4v) is 2.95. The molecule has 0 heterocycles. The first-order chi connectivity index (χ1) is 6.63. The molecule has 84 valence electrons. The first-order valence-electron chi connectivity index (χ1n) is 6.31. The molecule has 4 atom stereocenters. The molecular formula is C13H26O. The van der Waals surface area contributed by atoms with Gasteiger partial charge < -0.3 is 5.11 Å². The van der Waals surface area contributed by atoms with Crippen LogP contribution in [0.2, 0.25) is 0 Å². The first kappa shape index (κ1) is 12.0. The van der Waals surface area contributed by atoms with Crippen LogP contribution in [0.3, 0.4) is 0 Å². The van der Waals surface area contributed by atoms with E-state index in [0.717, 1.165) is 18.3 Å². The van der Waals surface area contributed by atoms with E-state index in [2.05, 4.69) is 13.8 Å². The molecule has 0 aromatic rings. The minimum atomic E-state index is -0.119. The maximum absolute atomic E-state index is 9.38. The quantitative estimate of drug-likeness (QED) is 0.731. The molecular weight excluding hydrogens is 172 g/mol. The van der Waals surface area contributed by atoms with E-state index in [4.69, 9.17) is 0 Å². The van der Waals surface area contributed by atoms with E-state index in [1.165, 1.54) is 32.1 Å². The van der Waals surface area contributed by atoms with Gasteiger partial charge in [0.05, 0.1) is 6.10 Å². The maximum Gasteiger partial charge on any atom is 0.0514 e. The van der Waals surface area contributed by atoms with Crippen LogP contribution in [-0.2, 0) is 0 Å². The molecule has 1 aliphatic rings. The molecule has 14 heavy (non-hydrogen) atoms. The molecule has 0 bridgehead atoms. The Morgan fingerprint density at radius 2 is 2.00 bits per heavy atom. The lowest BCUT2D eigenvalue weighted by Gasteiger charge is -2.33. The summed E-state index contributed by atoms with van der Waals surface area (Å²) in [5.41, 5.74) is 0. The van der Waals surface area contributed by atoms with Crippen LogP contribution in [0.25, 0.3) is 0 Å². The number of hydrogen-bond donors (Lipinski definition) is 1. The van der Waals surface area contributed by atoms with Gasteiger partial charge in [-0.1, -0.05) is 39.5 Å². The third kappa shape index (κ3) is 3.61. The topological polar surface area (TPSA) is 20.2 Å². The average Bonchev–Trinajstić information content (AvgIpc) is 2.17. The number of rotatable bonds is 4. The summed E-state index contributed by atoms with van der Waals surface area (Å²) in [5, 5.41) is 9.38. The lowest BCUT2D eigenvalue weighted by atomic mass is 9.73. The van der Waals surface area contributed by atoms with E-state index in [0.29, 0.717) is 5.92 Å². The Kier molecular flexibility index (Phi) is 4.94. The van der Waals surface area contributed by atoms with Crippen molar-refractivity contribution in [2.75, 3.05) is 0 Å². The summed E-state index contributed by atoms with van der Waals surface area (Å²) < 4.78 is 0. The van der Waals surface area contributed by atoms with E-state index < -0.39 is 0 Å². The second-order valence-electron chi connectivity index (χ2n) is 5.26. The SMILES string of the molecule is CCC1CCCC(C(C)CC(C)O)C1. The second kappa shape index (κ2) is 5.75. The Hall–Kier alpha value is -0.0400. The molecule has 1 rings (SSSR count). The molecule has 0 amide bonds. The van der Waals surface area contributed by atoms with Gasteiger partial charge in [-0.05, 0) is 37.5 Å². The molecule has 1 heteroatoms. The van der Waals surface area contributed by atoms with Gasteiger partial charge in [0.25, 0.3) is 0 Å². The third-order valence-corrected chi connectivity index (χ3v) is 3.92. The normalized spacial score (nSPS) is 32.6. The minimum Gasteiger partial charge on any atom is -0.393 e. The summed E-state index contributed by atoms with van der Waals surface area (Å²) >= 11 is 0. The molecule has 4 unspecified atom stereocenters. The monoisotopic (exact) mass is 198 g/mol. The first-order valence-corrected chi connectivity index (χ1v) is 6.31. The van der Waals surface area contributed by atoms with Gasteiger partial charge in [-0.25, -0.2) is 0 Å². The van der Waals surface area contributed by atoms with E-state index >= 15 is 0 Å². The molecule has 1 aliphatic carbocycles. The highest BCUT2D eigenvalue weighted by molar-refractivity contribution is 4.76. The van der Waals surface area contributed by atoms with Gasteiger partial charge >= 0.3 is 0 Å². The van der Waals surface area contributed by atoms with Crippen molar-refractivity contribution in [1.29, 1.82) is 0 Å². The smallest absolute Gasteiger partial charge is 0.0514 e. The van der Waals surface area contributed by atoms with Crippen molar-refractivity contribution in [1.82, 2.24) is 0 Å². The van der Waals surface area contributed by atoms with Crippen LogP contribution in [-0.4, -0.2) is 11.2 Å². The molecule has 0 radical (unpaired) electrons. The molecule has 0 spiro atoms. The van der Waals surface area contributed by atoms with E-state index in [9.17, 15) is 5.11 Å². The van der Waals surface area contributed by atoms with Crippen molar-refractivity contribution in [2.24, 2.45) is 17.8 Å². The zero-order chi connectivity index (χ0) is 10.6. The van der Waals surface area contributed by atoms with Gasteiger partial charge in [0.2, 0.25) is 0 Å². The molecule has 1 nitrogen and oxygen atoms in total. The summed E-state index contributed by atoms with van der Waals surface area (Å²) in [5.74, 6) is 2.55. The molecule has 0 aliphatic heterocycles. The maximum atomic E-state index is 9.38. The van der Waals surface area contributed by atoms with Crippen molar-refractivity contribution in [3.63, 3.8) is 0 Å². The summed E-state index contributed by atoms with van der Waals surface area (Å²) in [4.78, 5) is 0. The van der Waals surface area contributed by atoms with Crippen LogP contribution in [0, 0.1) is 17.8 Å². The Labute approximate surface area is 88.9 Å². The molecule has 0 aromatic carbocycles. The van der Waals surface area contributed by atoms with Crippen molar-refractivity contribution in [3.8, 4) is 0 Å². The molecule has 1 N–H and O–H groups in total. The van der Waals surface area contributed by atoms with Crippen molar-refractivity contribution in [3.05, 3.63) is 0 Å². The van der Waals surface area contributed by atoms with Gasteiger partial charge in [0.15, 0.2) is 0 Å². The molecule has 0 aromatic heterocycles. The predicted molar refractivity (Wildman–Crippen MR) is 61.2 cm³/mol. The number of hydrogen-bond acceptors (Lipinski definition) is 1. The average molecular weight is 198 g/mol. The molecule has 1 fully saturated rings. The van der Waals surface area contributed by atoms with Crippen LogP contribution < -0.4 is 0 Å². The third-order valence-electron chi connectivity index (χ3n) is 3.92.